The van der Waals surface area contributed by atoms with E-state index in [0.29, 0.717) is 18.6 Å². The highest BCUT2D eigenvalue weighted by molar-refractivity contribution is 7.98. The number of thioether (sulfide) groups is 1. The SMILES string of the molecule is CCCC(NC(=O)C(CCSC)NC(=O)OC(C)(C)C)C(=O)OC. The predicted octanol–water partition coefficient (Wildman–Crippen LogP) is 2.09. The van der Waals surface area contributed by atoms with Gasteiger partial charge in [-0.15, -0.1) is 0 Å². The van der Waals surface area contributed by atoms with E-state index in [2.05, 4.69) is 10.6 Å². The number of carbonyl (C=O) groups excluding carboxylic acids is 3. The molecule has 0 heterocycles. The van der Waals surface area contributed by atoms with Gasteiger partial charge in [-0.05, 0) is 45.6 Å². The maximum absolute atomic E-state index is 12.5. The van der Waals surface area contributed by atoms with Gasteiger partial charge in [0.1, 0.15) is 17.7 Å². The summed E-state index contributed by atoms with van der Waals surface area (Å²) in [6.07, 6.45) is 2.88. The fraction of sp³-hybridized carbons (Fsp3) is 0.812. The Morgan fingerprint density at radius 1 is 1.08 bits per heavy atom. The number of rotatable bonds is 9. The predicted molar refractivity (Wildman–Crippen MR) is 95.0 cm³/mol. The van der Waals surface area contributed by atoms with E-state index in [-0.39, 0.29) is 0 Å². The summed E-state index contributed by atoms with van der Waals surface area (Å²) in [7, 11) is 1.28. The minimum absolute atomic E-state index is 0.418. The fourth-order valence-corrected chi connectivity index (χ4v) is 2.38. The van der Waals surface area contributed by atoms with E-state index in [1.54, 1.807) is 32.5 Å². The molecule has 2 unspecified atom stereocenters. The molecule has 2 N–H and O–H groups in total. The van der Waals surface area contributed by atoms with Gasteiger partial charge in [-0.3, -0.25) is 4.79 Å². The quantitative estimate of drug-likeness (QED) is 0.610. The molecule has 0 saturated heterocycles. The molecule has 0 aromatic heterocycles. The monoisotopic (exact) mass is 362 g/mol. The number of hydrogen-bond acceptors (Lipinski definition) is 6. The summed E-state index contributed by atoms with van der Waals surface area (Å²) >= 11 is 1.56. The van der Waals surface area contributed by atoms with Gasteiger partial charge in [0, 0.05) is 0 Å². The lowest BCUT2D eigenvalue weighted by atomic mass is 10.1. The molecule has 0 rings (SSSR count). The molecule has 2 amide bonds. The third-order valence-electron chi connectivity index (χ3n) is 3.00. The van der Waals surface area contributed by atoms with Crippen molar-refractivity contribution in [2.75, 3.05) is 19.1 Å². The summed E-state index contributed by atoms with van der Waals surface area (Å²) < 4.78 is 9.89. The lowest BCUT2D eigenvalue weighted by Gasteiger charge is -2.24. The molecule has 0 aromatic carbocycles. The molecule has 7 nitrogen and oxygen atoms in total. The second kappa shape index (κ2) is 11.2. The number of nitrogens with one attached hydrogen (secondary N) is 2. The number of esters is 1. The summed E-state index contributed by atoms with van der Waals surface area (Å²) in [4.78, 5) is 36.1. The van der Waals surface area contributed by atoms with Gasteiger partial charge < -0.3 is 20.1 Å². The molecule has 0 spiro atoms. The number of carbonyl (C=O) groups is 3. The van der Waals surface area contributed by atoms with Crippen LogP contribution >= 0.6 is 11.8 Å². The lowest BCUT2D eigenvalue weighted by molar-refractivity contribution is -0.145. The van der Waals surface area contributed by atoms with Crippen LogP contribution in [0, 0.1) is 0 Å². The van der Waals surface area contributed by atoms with E-state index in [9.17, 15) is 14.4 Å². The van der Waals surface area contributed by atoms with Crippen molar-refractivity contribution in [1.82, 2.24) is 10.6 Å². The maximum Gasteiger partial charge on any atom is 0.408 e. The van der Waals surface area contributed by atoms with Gasteiger partial charge in [-0.2, -0.15) is 11.8 Å². The lowest BCUT2D eigenvalue weighted by Crippen LogP contribution is -2.52. The fourth-order valence-electron chi connectivity index (χ4n) is 1.91. The first kappa shape index (κ1) is 22.6. The standard InChI is InChI=1S/C16H30N2O5S/c1-7-8-12(14(20)22-5)17-13(19)11(9-10-24-6)18-15(21)23-16(2,3)4/h11-12H,7-10H2,1-6H3,(H,17,19)(H,18,21). The van der Waals surface area contributed by atoms with Crippen LogP contribution in [0.5, 0.6) is 0 Å². The highest BCUT2D eigenvalue weighted by Gasteiger charge is 2.28. The molecule has 0 saturated carbocycles. The van der Waals surface area contributed by atoms with Gasteiger partial charge in [-0.1, -0.05) is 13.3 Å². The molecule has 2 atom stereocenters. The van der Waals surface area contributed by atoms with Crippen molar-refractivity contribution in [3.63, 3.8) is 0 Å². The molecule has 0 bridgehead atoms. The van der Waals surface area contributed by atoms with Crippen molar-refractivity contribution >= 4 is 29.7 Å². The van der Waals surface area contributed by atoms with Crippen molar-refractivity contribution in [2.24, 2.45) is 0 Å². The Morgan fingerprint density at radius 3 is 2.17 bits per heavy atom. The Bertz CT molecular complexity index is 423. The maximum atomic E-state index is 12.5. The third-order valence-corrected chi connectivity index (χ3v) is 3.64. The number of alkyl carbamates (subject to hydrolysis) is 1. The highest BCUT2D eigenvalue weighted by atomic mass is 32.2. The van der Waals surface area contributed by atoms with Crippen LogP contribution < -0.4 is 10.6 Å². The molecule has 24 heavy (non-hydrogen) atoms. The van der Waals surface area contributed by atoms with Gasteiger partial charge in [-0.25, -0.2) is 9.59 Å². The topological polar surface area (TPSA) is 93.7 Å². The molecular formula is C16H30N2O5S. The second-order valence-electron chi connectivity index (χ2n) is 6.35. The number of hydrogen-bond donors (Lipinski definition) is 2. The van der Waals surface area contributed by atoms with Crippen molar-refractivity contribution in [2.45, 2.75) is 64.6 Å². The van der Waals surface area contributed by atoms with Gasteiger partial charge in [0.05, 0.1) is 7.11 Å². The molecule has 0 aliphatic heterocycles. The van der Waals surface area contributed by atoms with Crippen LogP contribution in [-0.4, -0.2) is 54.8 Å². The molecule has 0 aliphatic rings. The van der Waals surface area contributed by atoms with E-state index < -0.39 is 35.7 Å². The first-order valence-electron chi connectivity index (χ1n) is 8.01. The normalized spacial score (nSPS) is 13.6. The third kappa shape index (κ3) is 9.64. The Kier molecular flexibility index (Phi) is 10.5. The minimum atomic E-state index is -0.767. The van der Waals surface area contributed by atoms with E-state index >= 15 is 0 Å². The van der Waals surface area contributed by atoms with Crippen LogP contribution in [0.1, 0.15) is 47.0 Å². The summed E-state index contributed by atoms with van der Waals surface area (Å²) in [5.74, 6) is -0.227. The van der Waals surface area contributed by atoms with Gasteiger partial charge in [0.2, 0.25) is 5.91 Å². The van der Waals surface area contributed by atoms with Crippen LogP contribution in [0.4, 0.5) is 4.79 Å². The van der Waals surface area contributed by atoms with Gasteiger partial charge in [0.15, 0.2) is 0 Å². The zero-order valence-corrected chi connectivity index (χ0v) is 16.2. The van der Waals surface area contributed by atoms with E-state index in [4.69, 9.17) is 9.47 Å². The molecule has 0 aliphatic carbocycles. The molecule has 0 fully saturated rings. The average Bonchev–Trinajstić information content (AvgIpc) is 2.48. The van der Waals surface area contributed by atoms with Gasteiger partial charge >= 0.3 is 12.1 Å². The van der Waals surface area contributed by atoms with Crippen LogP contribution in [-0.2, 0) is 19.1 Å². The molecule has 0 aromatic rings. The average molecular weight is 362 g/mol. The summed E-state index contributed by atoms with van der Waals surface area (Å²) in [6.45, 7) is 7.15. The van der Waals surface area contributed by atoms with Crippen molar-refractivity contribution in [3.8, 4) is 0 Å². The largest absolute Gasteiger partial charge is 0.467 e. The zero-order valence-electron chi connectivity index (χ0n) is 15.4. The van der Waals surface area contributed by atoms with E-state index in [1.807, 2.05) is 13.2 Å². The number of amides is 2. The molecular weight excluding hydrogens is 332 g/mol. The van der Waals surface area contributed by atoms with Crippen molar-refractivity contribution in [3.05, 3.63) is 0 Å². The summed E-state index contributed by atoms with van der Waals surface area (Å²) in [5.41, 5.74) is -0.651. The first-order chi connectivity index (χ1) is 11.1. The minimum Gasteiger partial charge on any atom is -0.467 e. The second-order valence-corrected chi connectivity index (χ2v) is 7.34. The highest BCUT2D eigenvalue weighted by Crippen LogP contribution is 2.09. The Morgan fingerprint density at radius 2 is 1.71 bits per heavy atom. The molecule has 140 valence electrons. The Hall–Kier alpha value is -1.44. The van der Waals surface area contributed by atoms with Crippen molar-refractivity contribution in [1.29, 1.82) is 0 Å². The van der Waals surface area contributed by atoms with Gasteiger partial charge in [0.25, 0.3) is 0 Å². The molecule has 8 heteroatoms. The Balaban J connectivity index is 4.91. The van der Waals surface area contributed by atoms with E-state index in [1.165, 1.54) is 7.11 Å². The number of methoxy groups -OCH3 is 1. The van der Waals surface area contributed by atoms with E-state index in [0.717, 1.165) is 6.42 Å². The van der Waals surface area contributed by atoms with Crippen LogP contribution in [0.2, 0.25) is 0 Å². The summed E-state index contributed by atoms with van der Waals surface area (Å²) in [5, 5.41) is 5.23. The Labute approximate surface area is 148 Å². The van der Waals surface area contributed by atoms with Crippen LogP contribution in [0.25, 0.3) is 0 Å². The number of ether oxygens (including phenoxy) is 2. The van der Waals surface area contributed by atoms with Crippen molar-refractivity contribution < 1.29 is 23.9 Å². The van der Waals surface area contributed by atoms with Crippen LogP contribution in [0.15, 0.2) is 0 Å². The first-order valence-corrected chi connectivity index (χ1v) is 9.40. The smallest absolute Gasteiger partial charge is 0.408 e. The van der Waals surface area contributed by atoms with Crippen LogP contribution in [0.3, 0.4) is 0 Å². The zero-order chi connectivity index (χ0) is 18.8. The summed E-state index contributed by atoms with van der Waals surface area (Å²) in [6, 6.07) is -1.49. The molecule has 0 radical (unpaired) electrons.